The topological polar surface area (TPSA) is 158 Å². The summed E-state index contributed by atoms with van der Waals surface area (Å²) in [5.74, 6) is -3.54. The highest BCUT2D eigenvalue weighted by Gasteiger charge is 2.60. The molecule has 0 amide bonds. The summed E-state index contributed by atoms with van der Waals surface area (Å²) >= 11 is 0. The monoisotopic (exact) mass is 1190 g/mol. The quantitative estimate of drug-likeness (QED) is 0.0397. The van der Waals surface area contributed by atoms with Crippen molar-refractivity contribution >= 4 is 35.8 Å². The lowest BCUT2D eigenvalue weighted by molar-refractivity contribution is -0.189. The maximum Gasteiger partial charge on any atom is 0.312 e. The Kier molecular flexibility index (Phi) is 23.2. The molecule has 5 unspecified atom stereocenters. The smallest absolute Gasteiger partial charge is 0.312 e. The van der Waals surface area contributed by atoms with Crippen LogP contribution in [0.1, 0.15) is 287 Å². The second kappa shape index (κ2) is 28.4. The Morgan fingerprint density at radius 2 is 0.442 bits per heavy atom. The molecular weight excluding hydrogens is 1080 g/mol. The van der Waals surface area contributed by atoms with Crippen molar-refractivity contribution in [3.8, 4) is 0 Å². The minimum Gasteiger partial charge on any atom is -0.454 e. The van der Waals surface area contributed by atoms with Crippen LogP contribution in [0.5, 0.6) is 0 Å². The molecular formula is C74H114O12. The third-order valence-electron chi connectivity index (χ3n) is 22.0. The molecule has 6 fully saturated rings. The molecule has 0 aromatic heterocycles. The largest absolute Gasteiger partial charge is 0.454 e. The Balaban J connectivity index is 1.58. The first-order valence-corrected chi connectivity index (χ1v) is 33.7. The maximum atomic E-state index is 16.4. The predicted molar refractivity (Wildman–Crippen MR) is 340 cm³/mol. The lowest BCUT2D eigenvalue weighted by Gasteiger charge is -2.49. The summed E-state index contributed by atoms with van der Waals surface area (Å²) in [4.78, 5) is 94.8. The van der Waals surface area contributed by atoms with Gasteiger partial charge in [-0.15, -0.1) is 0 Å². The highest BCUT2D eigenvalue weighted by molar-refractivity contribution is 5.86. The molecule has 0 bridgehead atoms. The molecule has 86 heavy (non-hydrogen) atoms. The van der Waals surface area contributed by atoms with Gasteiger partial charge in [0.25, 0.3) is 0 Å². The Morgan fingerprint density at radius 1 is 0.279 bits per heavy atom. The van der Waals surface area contributed by atoms with Crippen molar-refractivity contribution in [2.75, 3.05) is 0 Å². The first kappa shape index (κ1) is 70.3. The highest BCUT2D eigenvalue weighted by atomic mass is 16.6. The van der Waals surface area contributed by atoms with Crippen LogP contribution in [0.3, 0.4) is 0 Å². The van der Waals surface area contributed by atoms with Gasteiger partial charge in [0.15, 0.2) is 0 Å². The van der Waals surface area contributed by atoms with Gasteiger partial charge in [0, 0.05) is 0 Å². The van der Waals surface area contributed by atoms with Crippen LogP contribution in [-0.2, 0) is 57.2 Å². The van der Waals surface area contributed by atoms with E-state index >= 15 is 24.0 Å². The number of carbonyl (C=O) groups excluding carboxylic acids is 6. The van der Waals surface area contributed by atoms with Crippen LogP contribution in [0.2, 0.25) is 0 Å². The molecule has 6 aliphatic carbocycles. The van der Waals surface area contributed by atoms with E-state index < -0.39 is 102 Å². The summed E-state index contributed by atoms with van der Waals surface area (Å²) < 4.78 is 40.5. The second-order valence-corrected chi connectivity index (χ2v) is 30.2. The number of esters is 6. The van der Waals surface area contributed by atoms with Crippen molar-refractivity contribution in [3.63, 3.8) is 0 Å². The average Bonchev–Trinajstić information content (AvgIpc) is 0.945. The van der Waals surface area contributed by atoms with E-state index in [2.05, 4.69) is 39.5 Å². The molecule has 0 heterocycles. The van der Waals surface area contributed by atoms with Crippen LogP contribution in [0, 0.1) is 32.5 Å². The molecule has 6 aliphatic rings. The van der Waals surface area contributed by atoms with Crippen molar-refractivity contribution in [3.05, 3.63) is 75.9 Å². The first-order valence-electron chi connectivity index (χ1n) is 33.7. The van der Waals surface area contributed by atoms with E-state index in [1.54, 1.807) is 78.0 Å². The SMILES string of the molecule is C=CC1(OC(=O)C(C)(C)CC(C)(CC(C)(CC(C)(CC(C)(CC(C)(CC)C(=O)OC2(C=C)CCCCC2)C(=O)OC2(C=C)CCCCC2)C(=O)OC2(C=C)CCCCC2)C(=O)OC2(C=C)CCCCC2)C(=O)OC2(C=C)CCCCC2)CCCCC1. The van der Waals surface area contributed by atoms with Crippen LogP contribution in [-0.4, -0.2) is 69.4 Å². The van der Waals surface area contributed by atoms with E-state index in [1.165, 1.54) is 0 Å². The summed E-state index contributed by atoms with van der Waals surface area (Å²) in [7, 11) is 0. The molecule has 12 nitrogen and oxygen atoms in total. The zero-order chi connectivity index (χ0) is 63.4. The number of ether oxygens (including phenoxy) is 6. The zero-order valence-electron chi connectivity index (χ0n) is 55.1. The van der Waals surface area contributed by atoms with Gasteiger partial charge in [-0.2, -0.15) is 0 Å². The molecule has 6 rings (SSSR count). The normalized spacial score (nSPS) is 25.0. The average molecular weight is 1200 g/mol. The van der Waals surface area contributed by atoms with Crippen molar-refractivity contribution in [2.24, 2.45) is 32.5 Å². The maximum absolute atomic E-state index is 16.4. The van der Waals surface area contributed by atoms with E-state index in [0.717, 1.165) is 116 Å². The minimum atomic E-state index is -1.77. The third kappa shape index (κ3) is 16.4. The van der Waals surface area contributed by atoms with Gasteiger partial charge in [-0.25, -0.2) is 0 Å². The highest BCUT2D eigenvalue weighted by Crippen LogP contribution is 2.57. The molecule has 12 heteroatoms. The molecule has 0 radical (unpaired) electrons. The third-order valence-corrected chi connectivity index (χ3v) is 22.0. The summed E-state index contributed by atoms with van der Waals surface area (Å²) in [6.45, 7) is 39.4. The van der Waals surface area contributed by atoms with Gasteiger partial charge in [-0.3, -0.25) is 28.8 Å². The fourth-order valence-electron chi connectivity index (χ4n) is 16.5. The minimum absolute atomic E-state index is 0.0962. The molecule has 0 aromatic rings. The van der Waals surface area contributed by atoms with Crippen LogP contribution in [0.4, 0.5) is 0 Å². The van der Waals surface area contributed by atoms with Crippen molar-refractivity contribution in [1.29, 1.82) is 0 Å². The second-order valence-electron chi connectivity index (χ2n) is 30.2. The fraction of sp³-hybridized carbons (Fsp3) is 0.757. The van der Waals surface area contributed by atoms with Crippen LogP contribution in [0.25, 0.3) is 0 Å². The Morgan fingerprint density at radius 3 is 0.628 bits per heavy atom. The fourth-order valence-corrected chi connectivity index (χ4v) is 16.5. The van der Waals surface area contributed by atoms with Crippen LogP contribution < -0.4 is 0 Å². The van der Waals surface area contributed by atoms with Gasteiger partial charge in [-0.1, -0.05) is 84.9 Å². The standard InChI is InChI=1S/C74H114O12/c1-15-64(10,58(76)82-70(17-3)42-30-23-31-43-70)53-66(12,60(78)84-72(19-5)46-34-25-35-47-72)55-68(14,62(80)86-74(21-7)50-38-27-39-51-74)56-67(13,61(79)85-73(20-6)48-36-26-37-49-73)54-65(11,59(77)83-71(18-4)44-32-24-33-45-71)52-63(8,9)57(75)81-69(16-2)40-28-22-29-41-69/h16-21H,2-7,15,22-56H2,1,8-14H3. The molecule has 0 saturated heterocycles. The van der Waals surface area contributed by atoms with Gasteiger partial charge in [-0.05, 0) is 278 Å². The summed E-state index contributed by atoms with van der Waals surface area (Å²) in [6, 6.07) is 0. The Hall–Kier alpha value is -4.74. The lowest BCUT2D eigenvalue weighted by Crippen LogP contribution is -2.53. The molecule has 482 valence electrons. The summed E-state index contributed by atoms with van der Waals surface area (Å²) in [5.41, 5.74) is -15.3. The number of carbonyl (C=O) groups is 6. The number of rotatable bonds is 29. The number of hydrogen-bond acceptors (Lipinski definition) is 12. The van der Waals surface area contributed by atoms with Gasteiger partial charge in [0.1, 0.15) is 33.6 Å². The van der Waals surface area contributed by atoms with Gasteiger partial charge < -0.3 is 28.4 Å². The molecule has 0 aromatic carbocycles. The van der Waals surface area contributed by atoms with E-state index in [-0.39, 0.29) is 38.5 Å². The van der Waals surface area contributed by atoms with Crippen molar-refractivity contribution < 1.29 is 57.2 Å². The summed E-state index contributed by atoms with van der Waals surface area (Å²) in [6.07, 6.45) is 32.3. The van der Waals surface area contributed by atoms with Gasteiger partial charge in [0.2, 0.25) is 0 Å². The Labute approximate surface area is 519 Å². The van der Waals surface area contributed by atoms with E-state index in [9.17, 15) is 4.79 Å². The molecule has 6 saturated carbocycles. The molecule has 5 atom stereocenters. The van der Waals surface area contributed by atoms with E-state index in [1.807, 2.05) is 13.8 Å². The molecule has 0 N–H and O–H groups in total. The number of hydrogen-bond donors (Lipinski definition) is 0. The van der Waals surface area contributed by atoms with Crippen LogP contribution in [0.15, 0.2) is 75.9 Å². The lowest BCUT2D eigenvalue weighted by atomic mass is 9.58. The van der Waals surface area contributed by atoms with E-state index in [0.29, 0.717) is 77.0 Å². The van der Waals surface area contributed by atoms with Crippen molar-refractivity contribution in [2.45, 2.75) is 320 Å². The molecule has 0 aliphatic heterocycles. The van der Waals surface area contributed by atoms with Crippen molar-refractivity contribution in [1.82, 2.24) is 0 Å². The van der Waals surface area contributed by atoms with E-state index in [4.69, 9.17) is 28.4 Å². The zero-order valence-corrected chi connectivity index (χ0v) is 55.1. The molecule has 0 spiro atoms. The summed E-state index contributed by atoms with van der Waals surface area (Å²) in [5, 5.41) is 0. The Bertz CT molecular complexity index is 2450. The van der Waals surface area contributed by atoms with Crippen LogP contribution >= 0.6 is 0 Å². The first-order chi connectivity index (χ1) is 40.5. The van der Waals surface area contributed by atoms with Gasteiger partial charge in [0.05, 0.1) is 32.5 Å². The van der Waals surface area contributed by atoms with Gasteiger partial charge >= 0.3 is 35.8 Å². The predicted octanol–water partition coefficient (Wildman–Crippen LogP) is 18.0.